The molecule has 0 aliphatic carbocycles. The molecule has 30 heavy (non-hydrogen) atoms. The Hall–Kier alpha value is -2.54. The number of amides is 2. The van der Waals surface area contributed by atoms with E-state index in [-0.39, 0.29) is 24.0 Å². The average molecular weight is 430 g/mol. The van der Waals surface area contributed by atoms with Crippen LogP contribution in [0.2, 0.25) is 0 Å². The van der Waals surface area contributed by atoms with Gasteiger partial charge in [0.15, 0.2) is 0 Å². The molecule has 7 heteroatoms. The summed E-state index contributed by atoms with van der Waals surface area (Å²) in [6.45, 7) is 8.78. The molecule has 2 atom stereocenters. The van der Waals surface area contributed by atoms with Crippen molar-refractivity contribution in [1.29, 1.82) is 0 Å². The number of para-hydroxylation sites is 2. The third kappa shape index (κ3) is 6.23. The monoisotopic (exact) mass is 429 g/mol. The van der Waals surface area contributed by atoms with Crippen molar-refractivity contribution in [2.45, 2.75) is 52.2 Å². The Kier molecular flexibility index (Phi) is 7.02. The zero-order chi connectivity index (χ0) is 21.7. The average Bonchev–Trinajstić information content (AvgIpc) is 3.34. The van der Waals surface area contributed by atoms with Crippen LogP contribution in [0.4, 0.5) is 16.2 Å². The van der Waals surface area contributed by atoms with Crippen LogP contribution in [-0.4, -0.2) is 41.6 Å². The van der Waals surface area contributed by atoms with Crippen molar-refractivity contribution in [3.63, 3.8) is 0 Å². The number of anilines is 2. The van der Waals surface area contributed by atoms with Gasteiger partial charge in [0, 0.05) is 29.9 Å². The predicted octanol–water partition coefficient (Wildman–Crippen LogP) is 4.99. The summed E-state index contributed by atoms with van der Waals surface area (Å²) >= 11 is 1.67. The number of hydrogen-bond acceptors (Lipinski definition) is 5. The number of hydrogen-bond donors (Lipinski definition) is 2. The van der Waals surface area contributed by atoms with E-state index in [1.165, 1.54) is 4.88 Å². The van der Waals surface area contributed by atoms with Crippen LogP contribution < -0.4 is 10.6 Å². The molecule has 1 aliphatic rings. The molecule has 1 aromatic heterocycles. The highest BCUT2D eigenvalue weighted by atomic mass is 32.1. The van der Waals surface area contributed by atoms with E-state index in [4.69, 9.17) is 4.74 Å². The molecule has 0 spiro atoms. The molecule has 162 valence electrons. The molecule has 1 aliphatic heterocycles. The third-order valence-electron chi connectivity index (χ3n) is 4.92. The Balaban J connectivity index is 1.58. The summed E-state index contributed by atoms with van der Waals surface area (Å²) in [5, 5.41) is 8.57. The van der Waals surface area contributed by atoms with E-state index < -0.39 is 5.60 Å². The lowest BCUT2D eigenvalue weighted by molar-refractivity contribution is -0.119. The number of rotatable bonds is 6. The molecule has 3 rings (SSSR count). The first-order valence-corrected chi connectivity index (χ1v) is 11.3. The molecule has 0 bridgehead atoms. The van der Waals surface area contributed by atoms with E-state index in [1.807, 2.05) is 63.4 Å². The van der Waals surface area contributed by atoms with Crippen LogP contribution in [0.15, 0.2) is 41.8 Å². The van der Waals surface area contributed by atoms with Gasteiger partial charge in [-0.15, -0.1) is 11.3 Å². The van der Waals surface area contributed by atoms with E-state index in [1.54, 1.807) is 16.2 Å². The summed E-state index contributed by atoms with van der Waals surface area (Å²) in [7, 11) is 0. The van der Waals surface area contributed by atoms with Gasteiger partial charge in [0.2, 0.25) is 5.91 Å². The van der Waals surface area contributed by atoms with Gasteiger partial charge >= 0.3 is 6.09 Å². The van der Waals surface area contributed by atoms with Crippen LogP contribution >= 0.6 is 11.3 Å². The standard InChI is InChI=1S/C23H31N3O3S/c1-16(14-18-8-7-13-30-18)21(27)25-20-10-6-5-9-19(20)24-17-11-12-26(15-17)22(28)29-23(2,3)4/h5-10,13,16-17,24H,11-12,14-15H2,1-4H3,(H,25,27)/t16-,17-/m1/s1. The van der Waals surface area contributed by atoms with Crippen molar-refractivity contribution in [1.82, 2.24) is 4.90 Å². The van der Waals surface area contributed by atoms with Gasteiger partial charge in [-0.05, 0) is 57.2 Å². The number of benzene rings is 1. The van der Waals surface area contributed by atoms with E-state index in [9.17, 15) is 9.59 Å². The van der Waals surface area contributed by atoms with Crippen molar-refractivity contribution < 1.29 is 14.3 Å². The van der Waals surface area contributed by atoms with Crippen LogP contribution in [0.25, 0.3) is 0 Å². The lowest BCUT2D eigenvalue weighted by Gasteiger charge is -2.24. The molecule has 2 N–H and O–H groups in total. The number of nitrogens with zero attached hydrogens (tertiary/aromatic N) is 1. The minimum Gasteiger partial charge on any atom is -0.444 e. The van der Waals surface area contributed by atoms with Gasteiger partial charge < -0.3 is 20.3 Å². The van der Waals surface area contributed by atoms with E-state index in [2.05, 4.69) is 16.7 Å². The van der Waals surface area contributed by atoms with Crippen molar-refractivity contribution in [2.24, 2.45) is 5.92 Å². The number of ether oxygens (including phenoxy) is 1. The molecule has 0 saturated carbocycles. The normalized spacial score (nSPS) is 17.5. The van der Waals surface area contributed by atoms with Gasteiger partial charge in [0.25, 0.3) is 0 Å². The second kappa shape index (κ2) is 9.51. The molecule has 1 aromatic carbocycles. The molecular formula is C23H31N3O3S. The van der Waals surface area contributed by atoms with Crippen LogP contribution in [0.5, 0.6) is 0 Å². The Morgan fingerprint density at radius 3 is 2.60 bits per heavy atom. The first kappa shape index (κ1) is 22.2. The van der Waals surface area contributed by atoms with Gasteiger partial charge in [-0.25, -0.2) is 4.79 Å². The topological polar surface area (TPSA) is 70.7 Å². The zero-order valence-corrected chi connectivity index (χ0v) is 18.9. The molecule has 1 fully saturated rings. The number of thiophene rings is 1. The van der Waals surface area contributed by atoms with Gasteiger partial charge in [-0.2, -0.15) is 0 Å². The molecule has 2 heterocycles. The minimum atomic E-state index is -0.501. The maximum atomic E-state index is 12.7. The molecule has 6 nitrogen and oxygen atoms in total. The first-order chi connectivity index (χ1) is 14.2. The predicted molar refractivity (Wildman–Crippen MR) is 122 cm³/mol. The Morgan fingerprint density at radius 1 is 1.20 bits per heavy atom. The lowest BCUT2D eigenvalue weighted by Crippen LogP contribution is -2.36. The number of likely N-dealkylation sites (tertiary alicyclic amines) is 1. The summed E-state index contributed by atoms with van der Waals surface area (Å²) in [6, 6.07) is 11.9. The largest absolute Gasteiger partial charge is 0.444 e. The summed E-state index contributed by atoms with van der Waals surface area (Å²) in [6.07, 6.45) is 1.28. The number of carbonyl (C=O) groups excluding carboxylic acids is 2. The number of nitrogens with one attached hydrogen (secondary N) is 2. The van der Waals surface area contributed by atoms with Crippen molar-refractivity contribution in [3.05, 3.63) is 46.7 Å². The SMILES string of the molecule is C[C@H](Cc1cccs1)C(=O)Nc1ccccc1N[C@@H]1CCN(C(=O)OC(C)(C)C)C1. The van der Waals surface area contributed by atoms with Gasteiger partial charge in [-0.1, -0.05) is 25.1 Å². The molecule has 1 saturated heterocycles. The highest BCUT2D eigenvalue weighted by Gasteiger charge is 2.30. The van der Waals surface area contributed by atoms with E-state index in [0.29, 0.717) is 13.1 Å². The van der Waals surface area contributed by atoms with E-state index >= 15 is 0 Å². The highest BCUT2D eigenvalue weighted by Crippen LogP contribution is 2.26. The zero-order valence-electron chi connectivity index (χ0n) is 18.1. The lowest BCUT2D eigenvalue weighted by atomic mass is 10.1. The summed E-state index contributed by atoms with van der Waals surface area (Å²) < 4.78 is 5.47. The van der Waals surface area contributed by atoms with Crippen LogP contribution in [0.3, 0.4) is 0 Å². The van der Waals surface area contributed by atoms with Gasteiger partial charge in [-0.3, -0.25) is 4.79 Å². The minimum absolute atomic E-state index is 0.000506. The fourth-order valence-corrected chi connectivity index (χ4v) is 4.22. The molecule has 2 amide bonds. The van der Waals surface area contributed by atoms with Gasteiger partial charge in [0.05, 0.1) is 11.4 Å². The Morgan fingerprint density at radius 2 is 1.93 bits per heavy atom. The second-order valence-corrected chi connectivity index (χ2v) is 9.81. The van der Waals surface area contributed by atoms with Crippen molar-refractivity contribution in [2.75, 3.05) is 23.7 Å². The quantitative estimate of drug-likeness (QED) is 0.679. The van der Waals surface area contributed by atoms with E-state index in [0.717, 1.165) is 24.2 Å². The third-order valence-corrected chi connectivity index (χ3v) is 5.82. The first-order valence-electron chi connectivity index (χ1n) is 10.4. The van der Waals surface area contributed by atoms with Crippen LogP contribution in [0, 0.1) is 5.92 Å². The number of carbonyl (C=O) groups is 2. The molecule has 2 aromatic rings. The van der Waals surface area contributed by atoms with Gasteiger partial charge in [0.1, 0.15) is 5.60 Å². The van der Waals surface area contributed by atoms with Crippen molar-refractivity contribution in [3.8, 4) is 0 Å². The highest BCUT2D eigenvalue weighted by molar-refractivity contribution is 7.09. The fraction of sp³-hybridized carbons (Fsp3) is 0.478. The van der Waals surface area contributed by atoms with Crippen LogP contribution in [0.1, 0.15) is 39.0 Å². The van der Waals surface area contributed by atoms with Crippen molar-refractivity contribution >= 4 is 34.7 Å². The second-order valence-electron chi connectivity index (χ2n) is 8.78. The fourth-order valence-electron chi connectivity index (χ4n) is 3.39. The van der Waals surface area contributed by atoms with Crippen LogP contribution in [-0.2, 0) is 16.0 Å². The summed E-state index contributed by atoms with van der Waals surface area (Å²) in [5.74, 6) is -0.120. The maximum Gasteiger partial charge on any atom is 0.410 e. The summed E-state index contributed by atoms with van der Waals surface area (Å²) in [4.78, 5) is 27.9. The smallest absolute Gasteiger partial charge is 0.410 e. The summed E-state index contributed by atoms with van der Waals surface area (Å²) in [5.41, 5.74) is 1.13. The Bertz CT molecular complexity index is 861. The maximum absolute atomic E-state index is 12.7. The molecule has 0 radical (unpaired) electrons. The molecule has 0 unspecified atom stereocenters. The molecular weight excluding hydrogens is 398 g/mol. The Labute approximate surface area is 182 Å².